The molecular weight excluding hydrogens is 352 g/mol. The van der Waals surface area contributed by atoms with Crippen molar-refractivity contribution < 1.29 is 18.0 Å². The maximum atomic E-state index is 11.7. The Bertz CT molecular complexity index is 746. The fourth-order valence-electron chi connectivity index (χ4n) is 2.35. The van der Waals surface area contributed by atoms with Gasteiger partial charge in [0.15, 0.2) is 9.84 Å². The van der Waals surface area contributed by atoms with E-state index in [0.717, 1.165) is 5.56 Å². The van der Waals surface area contributed by atoms with Gasteiger partial charge in [-0.1, -0.05) is 23.7 Å². The first-order valence-electron chi connectivity index (χ1n) is 7.55. The van der Waals surface area contributed by atoms with Gasteiger partial charge in [0.25, 0.3) is 0 Å². The van der Waals surface area contributed by atoms with Gasteiger partial charge in [-0.05, 0) is 30.2 Å². The first-order valence-corrected chi connectivity index (χ1v) is 9.75. The Balaban J connectivity index is 1.68. The van der Waals surface area contributed by atoms with E-state index in [2.05, 4.69) is 10.6 Å². The Labute approximate surface area is 146 Å². The first-order chi connectivity index (χ1) is 11.3. The van der Waals surface area contributed by atoms with Crippen LogP contribution < -0.4 is 10.6 Å². The third-order valence-electron chi connectivity index (χ3n) is 3.52. The lowest BCUT2D eigenvalue weighted by atomic mass is 10.2. The van der Waals surface area contributed by atoms with Crippen molar-refractivity contribution >= 4 is 39.3 Å². The van der Waals surface area contributed by atoms with Crippen LogP contribution in [-0.2, 0) is 19.4 Å². The van der Waals surface area contributed by atoms with Gasteiger partial charge in [0, 0.05) is 30.1 Å². The molecule has 0 aromatic heterocycles. The van der Waals surface area contributed by atoms with Crippen LogP contribution in [0, 0.1) is 0 Å². The number of hydrogen-bond donors (Lipinski definition) is 2. The van der Waals surface area contributed by atoms with E-state index in [0.29, 0.717) is 11.4 Å². The Morgan fingerprint density at radius 2 is 2.12 bits per heavy atom. The van der Waals surface area contributed by atoms with E-state index >= 15 is 0 Å². The maximum absolute atomic E-state index is 11.7. The highest BCUT2D eigenvalue weighted by atomic mass is 35.5. The number of amides is 2. The number of rotatable bonds is 6. The highest BCUT2D eigenvalue weighted by Gasteiger charge is 2.28. The normalized spacial score (nSPS) is 19.3. The monoisotopic (exact) mass is 370 g/mol. The number of carbonyl (C=O) groups is 2. The average molecular weight is 371 g/mol. The van der Waals surface area contributed by atoms with Crippen molar-refractivity contribution in [2.75, 3.05) is 18.1 Å². The summed E-state index contributed by atoms with van der Waals surface area (Å²) in [5, 5.41) is 5.86. The number of nitrogens with one attached hydrogen (secondary N) is 2. The summed E-state index contributed by atoms with van der Waals surface area (Å²) in [5.41, 5.74) is 0.804. The Hall–Kier alpha value is -1.86. The molecule has 1 fully saturated rings. The predicted molar refractivity (Wildman–Crippen MR) is 93.3 cm³/mol. The van der Waals surface area contributed by atoms with Gasteiger partial charge in [-0.25, -0.2) is 8.42 Å². The van der Waals surface area contributed by atoms with Crippen LogP contribution in [0.1, 0.15) is 18.4 Å². The zero-order chi connectivity index (χ0) is 17.6. The number of carbonyl (C=O) groups excluding carboxylic acids is 2. The molecule has 1 aliphatic rings. The van der Waals surface area contributed by atoms with Crippen LogP contribution in [0.4, 0.5) is 0 Å². The van der Waals surface area contributed by atoms with E-state index in [1.807, 2.05) is 6.07 Å². The van der Waals surface area contributed by atoms with E-state index in [1.165, 1.54) is 6.08 Å². The lowest BCUT2D eigenvalue weighted by Gasteiger charge is -2.10. The number of benzene rings is 1. The topological polar surface area (TPSA) is 92.3 Å². The fourth-order valence-corrected chi connectivity index (χ4v) is 4.22. The maximum Gasteiger partial charge on any atom is 0.244 e. The van der Waals surface area contributed by atoms with Crippen molar-refractivity contribution in [2.24, 2.45) is 0 Å². The van der Waals surface area contributed by atoms with Crippen LogP contribution in [0.2, 0.25) is 5.02 Å². The van der Waals surface area contributed by atoms with Gasteiger partial charge in [-0.3, -0.25) is 9.59 Å². The molecule has 0 spiro atoms. The van der Waals surface area contributed by atoms with E-state index in [-0.39, 0.29) is 42.3 Å². The molecule has 1 aromatic carbocycles. The number of hydrogen-bond acceptors (Lipinski definition) is 4. The third-order valence-corrected chi connectivity index (χ3v) is 5.53. The molecule has 2 rings (SSSR count). The van der Waals surface area contributed by atoms with Crippen molar-refractivity contribution in [3.63, 3.8) is 0 Å². The highest BCUT2D eigenvalue weighted by molar-refractivity contribution is 7.91. The summed E-state index contributed by atoms with van der Waals surface area (Å²) >= 11 is 5.85. The van der Waals surface area contributed by atoms with E-state index in [4.69, 9.17) is 11.6 Å². The van der Waals surface area contributed by atoms with Crippen LogP contribution in [0.3, 0.4) is 0 Å². The first kappa shape index (κ1) is 18.5. The molecular formula is C16H19ClN2O4S. The Kier molecular flexibility index (Phi) is 6.39. The second kappa shape index (κ2) is 8.30. The third kappa shape index (κ3) is 6.33. The van der Waals surface area contributed by atoms with E-state index in [1.54, 1.807) is 24.3 Å². The minimum atomic E-state index is -3.01. The second-order valence-corrected chi connectivity index (χ2v) is 8.26. The summed E-state index contributed by atoms with van der Waals surface area (Å²) in [7, 11) is -3.01. The van der Waals surface area contributed by atoms with Gasteiger partial charge < -0.3 is 10.6 Å². The quantitative estimate of drug-likeness (QED) is 0.735. The lowest BCUT2D eigenvalue weighted by Crippen LogP contribution is -2.37. The average Bonchev–Trinajstić information content (AvgIpc) is 2.84. The molecule has 24 heavy (non-hydrogen) atoms. The minimum Gasteiger partial charge on any atom is -0.352 e. The molecule has 1 unspecified atom stereocenters. The largest absolute Gasteiger partial charge is 0.352 e. The van der Waals surface area contributed by atoms with Crippen molar-refractivity contribution in [1.29, 1.82) is 0 Å². The molecule has 1 atom stereocenters. The van der Waals surface area contributed by atoms with Crippen molar-refractivity contribution in [2.45, 2.75) is 18.9 Å². The fraction of sp³-hybridized carbons (Fsp3) is 0.375. The molecule has 1 aliphatic heterocycles. The summed E-state index contributed by atoms with van der Waals surface area (Å²) in [6.07, 6.45) is 3.55. The standard InChI is InChI=1S/C16H19ClN2O4S/c17-13-3-1-2-12(10-13)4-5-15(20)18-8-6-16(21)19-14-7-9-24(22,23)11-14/h1-5,10,14H,6-9,11H2,(H,18,20)(H,19,21)/b5-4+. The molecule has 1 aromatic rings. The molecule has 1 saturated heterocycles. The number of sulfone groups is 1. The molecule has 8 heteroatoms. The summed E-state index contributed by atoms with van der Waals surface area (Å²) in [5.74, 6) is -0.473. The molecule has 2 N–H and O–H groups in total. The zero-order valence-corrected chi connectivity index (χ0v) is 14.6. The highest BCUT2D eigenvalue weighted by Crippen LogP contribution is 2.12. The van der Waals surface area contributed by atoms with Crippen LogP contribution in [0.25, 0.3) is 6.08 Å². The molecule has 0 radical (unpaired) electrons. The summed E-state index contributed by atoms with van der Waals surface area (Å²) < 4.78 is 22.6. The molecule has 0 saturated carbocycles. The van der Waals surface area contributed by atoms with Crippen molar-refractivity contribution in [1.82, 2.24) is 10.6 Å². The van der Waals surface area contributed by atoms with Crippen LogP contribution in [0.15, 0.2) is 30.3 Å². The molecule has 0 aliphatic carbocycles. The zero-order valence-electron chi connectivity index (χ0n) is 13.0. The van der Waals surface area contributed by atoms with Crippen molar-refractivity contribution in [3.05, 3.63) is 40.9 Å². The molecule has 1 heterocycles. The van der Waals surface area contributed by atoms with Crippen molar-refractivity contribution in [3.8, 4) is 0 Å². The summed E-state index contributed by atoms with van der Waals surface area (Å²) in [6.45, 7) is 0.185. The molecule has 6 nitrogen and oxygen atoms in total. The predicted octanol–water partition coefficient (Wildman–Crippen LogP) is 1.16. The van der Waals surface area contributed by atoms with Crippen LogP contribution in [-0.4, -0.2) is 44.3 Å². The lowest BCUT2D eigenvalue weighted by molar-refractivity contribution is -0.121. The number of halogens is 1. The molecule has 0 bridgehead atoms. The SMILES string of the molecule is O=C(/C=C/c1cccc(Cl)c1)NCCC(=O)NC1CCS(=O)(=O)C1. The van der Waals surface area contributed by atoms with Gasteiger partial charge in [0.2, 0.25) is 11.8 Å². The van der Waals surface area contributed by atoms with E-state index < -0.39 is 9.84 Å². The summed E-state index contributed by atoms with van der Waals surface area (Å²) in [6, 6.07) is 6.76. The summed E-state index contributed by atoms with van der Waals surface area (Å²) in [4.78, 5) is 23.4. The van der Waals surface area contributed by atoms with Gasteiger partial charge in [0.05, 0.1) is 11.5 Å². The van der Waals surface area contributed by atoms with Gasteiger partial charge in [0.1, 0.15) is 0 Å². The van der Waals surface area contributed by atoms with E-state index in [9.17, 15) is 18.0 Å². The van der Waals surface area contributed by atoms with Crippen LogP contribution >= 0.6 is 11.6 Å². The van der Waals surface area contributed by atoms with Gasteiger partial charge >= 0.3 is 0 Å². The second-order valence-electron chi connectivity index (χ2n) is 5.60. The smallest absolute Gasteiger partial charge is 0.244 e. The minimum absolute atomic E-state index is 0.00648. The van der Waals surface area contributed by atoms with Gasteiger partial charge in [-0.2, -0.15) is 0 Å². The van der Waals surface area contributed by atoms with Crippen LogP contribution in [0.5, 0.6) is 0 Å². The Morgan fingerprint density at radius 3 is 2.79 bits per heavy atom. The molecule has 2 amide bonds. The van der Waals surface area contributed by atoms with Gasteiger partial charge in [-0.15, -0.1) is 0 Å². The molecule has 130 valence electrons. The Morgan fingerprint density at radius 1 is 1.33 bits per heavy atom.